The molecule has 24 heavy (non-hydrogen) atoms. The van der Waals surface area contributed by atoms with Crippen LogP contribution in [0.5, 0.6) is 5.75 Å². The van der Waals surface area contributed by atoms with Crippen LogP contribution in [0, 0.1) is 13.8 Å². The molecule has 126 valence electrons. The minimum absolute atomic E-state index is 0.0857. The highest BCUT2D eigenvalue weighted by atomic mass is 32.1. The number of carbonyl (C=O) groups excluding carboxylic acids is 1. The fourth-order valence-electron chi connectivity index (χ4n) is 2.41. The topological polar surface area (TPSA) is 61.4 Å². The maximum atomic E-state index is 12.3. The van der Waals surface area contributed by atoms with Gasteiger partial charge in [0.05, 0.1) is 5.69 Å². The minimum Gasteiger partial charge on any atom is -0.506 e. The number of aromatic hydroxyl groups is 1. The monoisotopic (exact) mass is 342 g/mol. The van der Waals surface area contributed by atoms with Crippen molar-refractivity contribution in [3.8, 4) is 5.75 Å². The van der Waals surface area contributed by atoms with E-state index in [-0.39, 0.29) is 16.8 Å². The predicted molar refractivity (Wildman–Crippen MR) is 102 cm³/mol. The van der Waals surface area contributed by atoms with Gasteiger partial charge in [-0.3, -0.25) is 10.1 Å². The zero-order valence-electron chi connectivity index (χ0n) is 14.3. The highest BCUT2D eigenvalue weighted by Crippen LogP contribution is 2.27. The maximum absolute atomic E-state index is 12.3. The third-order valence-electron chi connectivity index (χ3n) is 3.79. The van der Waals surface area contributed by atoms with E-state index >= 15 is 0 Å². The molecule has 2 aromatic carbocycles. The van der Waals surface area contributed by atoms with E-state index in [2.05, 4.69) is 24.5 Å². The van der Waals surface area contributed by atoms with Crippen molar-refractivity contribution in [2.45, 2.75) is 33.6 Å². The van der Waals surface area contributed by atoms with Crippen molar-refractivity contribution in [1.29, 1.82) is 0 Å². The number of aryl methyl sites for hydroxylation is 2. The van der Waals surface area contributed by atoms with Gasteiger partial charge in [0.2, 0.25) is 0 Å². The highest BCUT2D eigenvalue weighted by molar-refractivity contribution is 7.80. The Labute approximate surface area is 147 Å². The molecule has 0 radical (unpaired) electrons. The van der Waals surface area contributed by atoms with Crippen LogP contribution in [0.2, 0.25) is 0 Å². The minimum atomic E-state index is -0.274. The first-order chi connectivity index (χ1) is 11.3. The summed E-state index contributed by atoms with van der Waals surface area (Å²) in [4.78, 5) is 12.3. The molecule has 0 saturated carbocycles. The number of phenols is 1. The van der Waals surface area contributed by atoms with E-state index < -0.39 is 0 Å². The van der Waals surface area contributed by atoms with Gasteiger partial charge in [0.25, 0.3) is 5.91 Å². The van der Waals surface area contributed by atoms with E-state index in [0.29, 0.717) is 17.2 Å². The molecule has 0 spiro atoms. The summed E-state index contributed by atoms with van der Waals surface area (Å²) in [7, 11) is 0. The van der Waals surface area contributed by atoms with Crippen molar-refractivity contribution >= 4 is 28.9 Å². The summed E-state index contributed by atoms with van der Waals surface area (Å²) in [6.07, 6.45) is 0. The summed E-state index contributed by atoms with van der Waals surface area (Å²) in [6.45, 7) is 7.99. The molecule has 0 saturated heterocycles. The standard InChI is InChI=1S/C19H22N2O2S/c1-11(2)14-6-8-17(22)16(10-14)20-19(24)21-18(23)15-7-5-12(3)9-13(15)4/h5-11,22H,1-4H3,(H2,20,21,23,24). The van der Waals surface area contributed by atoms with Crippen LogP contribution in [-0.2, 0) is 0 Å². The molecule has 2 rings (SSSR count). The average Bonchev–Trinajstić information content (AvgIpc) is 2.48. The lowest BCUT2D eigenvalue weighted by molar-refractivity contribution is 0.0977. The van der Waals surface area contributed by atoms with Crippen molar-refractivity contribution < 1.29 is 9.90 Å². The molecule has 0 bridgehead atoms. The number of carbonyl (C=O) groups is 1. The van der Waals surface area contributed by atoms with Gasteiger partial charge in [-0.2, -0.15) is 0 Å². The van der Waals surface area contributed by atoms with E-state index in [0.717, 1.165) is 16.7 Å². The van der Waals surface area contributed by atoms with Crippen LogP contribution in [0.4, 0.5) is 5.69 Å². The first-order valence-electron chi connectivity index (χ1n) is 7.80. The zero-order chi connectivity index (χ0) is 17.9. The van der Waals surface area contributed by atoms with Crippen LogP contribution in [0.3, 0.4) is 0 Å². The first kappa shape index (κ1) is 17.9. The SMILES string of the molecule is Cc1ccc(C(=O)NC(=S)Nc2cc(C(C)C)ccc2O)c(C)c1. The lowest BCUT2D eigenvalue weighted by Gasteiger charge is -2.14. The maximum Gasteiger partial charge on any atom is 0.257 e. The third kappa shape index (κ3) is 4.32. The van der Waals surface area contributed by atoms with E-state index in [9.17, 15) is 9.90 Å². The van der Waals surface area contributed by atoms with Crippen LogP contribution in [0.1, 0.15) is 46.8 Å². The van der Waals surface area contributed by atoms with Crippen molar-refractivity contribution in [3.05, 3.63) is 58.7 Å². The molecule has 2 aromatic rings. The molecule has 0 aliphatic carbocycles. The van der Waals surface area contributed by atoms with Gasteiger partial charge in [-0.1, -0.05) is 37.6 Å². The fraction of sp³-hybridized carbons (Fsp3) is 0.263. The Morgan fingerprint density at radius 1 is 1.12 bits per heavy atom. The lowest BCUT2D eigenvalue weighted by Crippen LogP contribution is -2.34. The summed E-state index contributed by atoms with van der Waals surface area (Å²) in [5.41, 5.74) is 4.11. The largest absolute Gasteiger partial charge is 0.506 e. The summed E-state index contributed by atoms with van der Waals surface area (Å²) in [5, 5.41) is 15.6. The molecule has 4 nitrogen and oxygen atoms in total. The number of thiocarbonyl (C=S) groups is 1. The van der Waals surface area contributed by atoms with Crippen LogP contribution in [0.15, 0.2) is 36.4 Å². The summed E-state index contributed by atoms with van der Waals surface area (Å²) < 4.78 is 0. The van der Waals surface area contributed by atoms with Gasteiger partial charge >= 0.3 is 0 Å². The Morgan fingerprint density at radius 2 is 1.83 bits per heavy atom. The molecular weight excluding hydrogens is 320 g/mol. The molecule has 0 aromatic heterocycles. The Kier molecular flexibility index (Phi) is 5.57. The predicted octanol–water partition coefficient (Wildman–Crippen LogP) is 4.26. The third-order valence-corrected chi connectivity index (χ3v) is 3.99. The molecule has 0 fully saturated rings. The zero-order valence-corrected chi connectivity index (χ0v) is 15.1. The summed E-state index contributed by atoms with van der Waals surface area (Å²) >= 11 is 5.20. The van der Waals surface area contributed by atoms with Crippen LogP contribution < -0.4 is 10.6 Å². The molecule has 3 N–H and O–H groups in total. The second-order valence-electron chi connectivity index (χ2n) is 6.16. The van der Waals surface area contributed by atoms with Gasteiger partial charge < -0.3 is 10.4 Å². The lowest BCUT2D eigenvalue weighted by atomic mass is 10.0. The van der Waals surface area contributed by atoms with Crippen LogP contribution in [0.25, 0.3) is 0 Å². The van der Waals surface area contributed by atoms with Crippen molar-refractivity contribution in [3.63, 3.8) is 0 Å². The molecule has 0 atom stereocenters. The number of phenolic OH excluding ortho intramolecular Hbond substituents is 1. The van der Waals surface area contributed by atoms with Crippen LogP contribution >= 0.6 is 12.2 Å². The molecule has 5 heteroatoms. The number of anilines is 1. The van der Waals surface area contributed by atoms with Gasteiger partial charge in [0.1, 0.15) is 5.75 Å². The van der Waals surface area contributed by atoms with Gasteiger partial charge in [-0.15, -0.1) is 0 Å². The smallest absolute Gasteiger partial charge is 0.257 e. The quantitative estimate of drug-likeness (QED) is 0.576. The Morgan fingerprint density at radius 3 is 2.46 bits per heavy atom. The molecule has 0 aliphatic rings. The molecule has 0 aliphatic heterocycles. The van der Waals surface area contributed by atoms with Gasteiger partial charge in [0, 0.05) is 5.56 Å². The van der Waals surface area contributed by atoms with Gasteiger partial charge in [-0.05, 0) is 61.3 Å². The number of rotatable bonds is 3. The first-order valence-corrected chi connectivity index (χ1v) is 8.21. The number of benzene rings is 2. The fourth-order valence-corrected chi connectivity index (χ4v) is 2.61. The summed E-state index contributed by atoms with van der Waals surface area (Å²) in [5.74, 6) is 0.136. The second-order valence-corrected chi connectivity index (χ2v) is 6.57. The normalized spacial score (nSPS) is 10.5. The molecule has 1 amide bonds. The number of hydrogen-bond acceptors (Lipinski definition) is 3. The van der Waals surface area contributed by atoms with E-state index in [4.69, 9.17) is 12.2 Å². The van der Waals surface area contributed by atoms with Gasteiger partial charge in [-0.25, -0.2) is 0 Å². The highest BCUT2D eigenvalue weighted by Gasteiger charge is 2.12. The van der Waals surface area contributed by atoms with E-state index in [1.807, 2.05) is 38.1 Å². The average molecular weight is 342 g/mol. The van der Waals surface area contributed by atoms with Crippen molar-refractivity contribution in [1.82, 2.24) is 5.32 Å². The number of hydrogen-bond donors (Lipinski definition) is 3. The molecular formula is C19H22N2O2S. The van der Waals surface area contributed by atoms with E-state index in [1.54, 1.807) is 12.1 Å². The molecule has 0 heterocycles. The van der Waals surface area contributed by atoms with E-state index in [1.165, 1.54) is 0 Å². The van der Waals surface area contributed by atoms with Crippen LogP contribution in [-0.4, -0.2) is 16.1 Å². The Hall–Kier alpha value is -2.40. The Balaban J connectivity index is 2.10. The Bertz CT molecular complexity index is 785. The van der Waals surface area contributed by atoms with Gasteiger partial charge in [0.15, 0.2) is 5.11 Å². The number of nitrogens with one attached hydrogen (secondary N) is 2. The molecule has 0 unspecified atom stereocenters. The summed E-state index contributed by atoms with van der Waals surface area (Å²) in [6, 6.07) is 10.9. The number of amides is 1. The second kappa shape index (κ2) is 7.45. The van der Waals surface area contributed by atoms with Crippen molar-refractivity contribution in [2.75, 3.05) is 5.32 Å². The van der Waals surface area contributed by atoms with Crippen molar-refractivity contribution in [2.24, 2.45) is 0 Å².